The van der Waals surface area contributed by atoms with Crippen LogP contribution in [0, 0.1) is 5.82 Å². The van der Waals surface area contributed by atoms with Crippen molar-refractivity contribution >= 4 is 5.69 Å². The van der Waals surface area contributed by atoms with E-state index >= 15 is 0 Å². The maximum Gasteiger partial charge on any atom is 0.125 e. The molecule has 0 aromatic heterocycles. The predicted molar refractivity (Wildman–Crippen MR) is 60.6 cm³/mol. The minimum absolute atomic E-state index is 0.152. The van der Waals surface area contributed by atoms with E-state index in [0.29, 0.717) is 6.04 Å². The van der Waals surface area contributed by atoms with E-state index in [1.54, 1.807) is 6.07 Å². The lowest BCUT2D eigenvalue weighted by molar-refractivity contribution is 0.622. The molecule has 0 unspecified atom stereocenters. The van der Waals surface area contributed by atoms with Gasteiger partial charge in [0, 0.05) is 31.4 Å². The molecule has 2 nitrogen and oxygen atoms in total. The lowest BCUT2D eigenvalue weighted by atomic mass is 10.1. The number of hydrogen-bond donors (Lipinski definition) is 1. The maximum absolute atomic E-state index is 13.2. The molecule has 0 amide bonds. The smallest absolute Gasteiger partial charge is 0.125 e. The number of nitrogens with one attached hydrogen (secondary N) is 1. The zero-order valence-electron chi connectivity index (χ0n) is 9.26. The second-order valence-corrected chi connectivity index (χ2v) is 4.24. The summed E-state index contributed by atoms with van der Waals surface area (Å²) in [5.41, 5.74) is 2.22. The molecule has 0 spiro atoms. The maximum atomic E-state index is 13.2. The summed E-state index contributed by atoms with van der Waals surface area (Å²) in [7, 11) is 0. The molecule has 82 valence electrons. The summed E-state index contributed by atoms with van der Waals surface area (Å²) in [6.45, 7) is 7.00. The van der Waals surface area contributed by atoms with Gasteiger partial charge in [-0.25, -0.2) is 4.39 Å². The standard InChI is InChI=1S/C12H17FN2/c1-9(2)15-6-5-14-8-10-3-4-11(13)7-12(10)15/h3-4,7,9,14H,5-6,8H2,1-2H3. The molecule has 1 aliphatic rings. The van der Waals surface area contributed by atoms with E-state index in [-0.39, 0.29) is 5.82 Å². The Morgan fingerprint density at radius 2 is 2.20 bits per heavy atom. The van der Waals surface area contributed by atoms with Gasteiger partial charge in [0.2, 0.25) is 0 Å². The Kier molecular flexibility index (Phi) is 2.91. The van der Waals surface area contributed by atoms with Crippen LogP contribution < -0.4 is 10.2 Å². The molecule has 3 heteroatoms. The highest BCUT2D eigenvalue weighted by Crippen LogP contribution is 2.25. The summed E-state index contributed by atoms with van der Waals surface area (Å²) in [6.07, 6.45) is 0. The average molecular weight is 208 g/mol. The molecule has 0 aliphatic carbocycles. The summed E-state index contributed by atoms with van der Waals surface area (Å²) in [6, 6.07) is 5.45. The third kappa shape index (κ3) is 2.12. The van der Waals surface area contributed by atoms with Crippen molar-refractivity contribution in [2.75, 3.05) is 18.0 Å². The molecule has 0 radical (unpaired) electrons. The van der Waals surface area contributed by atoms with E-state index < -0.39 is 0 Å². The van der Waals surface area contributed by atoms with E-state index in [1.807, 2.05) is 6.07 Å². The first kappa shape index (κ1) is 10.4. The monoisotopic (exact) mass is 208 g/mol. The number of benzene rings is 1. The third-order valence-corrected chi connectivity index (χ3v) is 2.83. The Balaban J connectivity index is 2.42. The van der Waals surface area contributed by atoms with Gasteiger partial charge in [0.05, 0.1) is 0 Å². The summed E-state index contributed by atoms with van der Waals surface area (Å²) in [5, 5.41) is 3.34. The third-order valence-electron chi connectivity index (χ3n) is 2.83. The van der Waals surface area contributed by atoms with Crippen LogP contribution in [0.1, 0.15) is 19.4 Å². The summed E-state index contributed by atoms with van der Waals surface area (Å²) in [5.74, 6) is -0.152. The van der Waals surface area contributed by atoms with Crippen molar-refractivity contribution < 1.29 is 4.39 Å². The van der Waals surface area contributed by atoms with Crippen molar-refractivity contribution in [2.24, 2.45) is 0 Å². The van der Waals surface area contributed by atoms with Crippen LogP contribution in [-0.4, -0.2) is 19.1 Å². The fourth-order valence-electron chi connectivity index (χ4n) is 2.03. The van der Waals surface area contributed by atoms with Crippen LogP contribution in [0.2, 0.25) is 0 Å². The minimum atomic E-state index is -0.152. The molecule has 0 fully saturated rings. The van der Waals surface area contributed by atoms with Gasteiger partial charge < -0.3 is 10.2 Å². The predicted octanol–water partition coefficient (Wildman–Crippen LogP) is 2.14. The Labute approximate surface area is 90.1 Å². The first-order valence-electron chi connectivity index (χ1n) is 5.44. The van der Waals surface area contributed by atoms with Gasteiger partial charge in [-0.2, -0.15) is 0 Å². The molecule has 0 saturated heterocycles. The van der Waals surface area contributed by atoms with Gasteiger partial charge in [-0.15, -0.1) is 0 Å². The number of fused-ring (bicyclic) bond motifs is 1. The number of halogens is 1. The molecule has 0 saturated carbocycles. The molecule has 1 aromatic carbocycles. The van der Waals surface area contributed by atoms with Crippen LogP contribution in [0.3, 0.4) is 0 Å². The Hall–Kier alpha value is -1.09. The first-order valence-corrected chi connectivity index (χ1v) is 5.44. The van der Waals surface area contributed by atoms with Crippen molar-refractivity contribution in [2.45, 2.75) is 26.4 Å². The van der Waals surface area contributed by atoms with Crippen LogP contribution in [0.15, 0.2) is 18.2 Å². The number of nitrogens with zero attached hydrogens (tertiary/aromatic N) is 1. The Morgan fingerprint density at radius 3 is 2.93 bits per heavy atom. The van der Waals surface area contributed by atoms with Crippen molar-refractivity contribution in [1.82, 2.24) is 5.32 Å². The van der Waals surface area contributed by atoms with E-state index in [2.05, 4.69) is 24.1 Å². The van der Waals surface area contributed by atoms with Gasteiger partial charge in [0.1, 0.15) is 5.82 Å². The van der Waals surface area contributed by atoms with E-state index in [1.165, 1.54) is 11.6 Å². The van der Waals surface area contributed by atoms with Gasteiger partial charge in [0.25, 0.3) is 0 Å². The first-order chi connectivity index (χ1) is 7.18. The number of rotatable bonds is 1. The molecule has 15 heavy (non-hydrogen) atoms. The summed E-state index contributed by atoms with van der Waals surface area (Å²) >= 11 is 0. The van der Waals surface area contributed by atoms with Crippen molar-refractivity contribution in [3.8, 4) is 0 Å². The largest absolute Gasteiger partial charge is 0.367 e. The SMILES string of the molecule is CC(C)N1CCNCc2ccc(F)cc21. The van der Waals surface area contributed by atoms with Crippen molar-refractivity contribution in [1.29, 1.82) is 0 Å². The van der Waals surface area contributed by atoms with Gasteiger partial charge in [-0.3, -0.25) is 0 Å². The summed E-state index contributed by atoms with van der Waals surface area (Å²) < 4.78 is 13.2. The average Bonchev–Trinajstić information content (AvgIpc) is 2.39. The van der Waals surface area contributed by atoms with Crippen molar-refractivity contribution in [3.05, 3.63) is 29.6 Å². The second-order valence-electron chi connectivity index (χ2n) is 4.24. The molecule has 0 atom stereocenters. The molecule has 1 aliphatic heterocycles. The molecule has 1 N–H and O–H groups in total. The number of anilines is 1. The van der Waals surface area contributed by atoms with Crippen LogP contribution >= 0.6 is 0 Å². The molecule has 0 bridgehead atoms. The van der Waals surface area contributed by atoms with Gasteiger partial charge in [-0.05, 0) is 31.5 Å². The second kappa shape index (κ2) is 4.19. The van der Waals surface area contributed by atoms with E-state index in [4.69, 9.17) is 0 Å². The normalized spacial score (nSPS) is 16.4. The highest BCUT2D eigenvalue weighted by atomic mass is 19.1. The molecular weight excluding hydrogens is 191 g/mol. The highest BCUT2D eigenvalue weighted by Gasteiger charge is 2.17. The fourth-order valence-corrected chi connectivity index (χ4v) is 2.03. The quantitative estimate of drug-likeness (QED) is 0.760. The molecular formula is C12H17FN2. The number of hydrogen-bond acceptors (Lipinski definition) is 2. The Bertz CT molecular complexity index is 349. The van der Waals surface area contributed by atoms with Gasteiger partial charge >= 0.3 is 0 Å². The Morgan fingerprint density at radius 1 is 1.40 bits per heavy atom. The van der Waals surface area contributed by atoms with Crippen LogP contribution in [-0.2, 0) is 6.54 Å². The molecule has 2 rings (SSSR count). The zero-order chi connectivity index (χ0) is 10.8. The van der Waals surface area contributed by atoms with Crippen molar-refractivity contribution in [3.63, 3.8) is 0 Å². The summed E-state index contributed by atoms with van der Waals surface area (Å²) in [4.78, 5) is 2.25. The van der Waals surface area contributed by atoms with Gasteiger partial charge in [0.15, 0.2) is 0 Å². The molecule has 1 heterocycles. The lowest BCUT2D eigenvalue weighted by Crippen LogP contribution is -2.34. The molecule has 1 aromatic rings. The van der Waals surface area contributed by atoms with E-state index in [9.17, 15) is 4.39 Å². The van der Waals surface area contributed by atoms with Crippen LogP contribution in [0.4, 0.5) is 10.1 Å². The lowest BCUT2D eigenvalue weighted by Gasteiger charge is -2.28. The van der Waals surface area contributed by atoms with Crippen LogP contribution in [0.5, 0.6) is 0 Å². The highest BCUT2D eigenvalue weighted by molar-refractivity contribution is 5.55. The zero-order valence-corrected chi connectivity index (χ0v) is 9.26. The minimum Gasteiger partial charge on any atom is -0.367 e. The van der Waals surface area contributed by atoms with Crippen LogP contribution in [0.25, 0.3) is 0 Å². The van der Waals surface area contributed by atoms with Gasteiger partial charge in [-0.1, -0.05) is 6.07 Å². The van der Waals surface area contributed by atoms with E-state index in [0.717, 1.165) is 25.3 Å². The topological polar surface area (TPSA) is 15.3 Å². The fraction of sp³-hybridized carbons (Fsp3) is 0.500.